The topological polar surface area (TPSA) is 0 Å². The molecule has 0 nitrogen and oxygen atoms in total. The summed E-state index contributed by atoms with van der Waals surface area (Å²) in [5.74, 6) is -0.460. The van der Waals surface area contributed by atoms with Crippen molar-refractivity contribution in [1.82, 2.24) is 0 Å². The summed E-state index contributed by atoms with van der Waals surface area (Å²) in [5, 5.41) is 0. The van der Waals surface area contributed by atoms with E-state index >= 15 is 0 Å². The van der Waals surface area contributed by atoms with Crippen LogP contribution in [-0.4, -0.2) is 5.51 Å². The molecule has 0 atom stereocenters. The van der Waals surface area contributed by atoms with Crippen LogP contribution in [0.1, 0.15) is 0 Å². The van der Waals surface area contributed by atoms with Gasteiger partial charge >= 0.3 is 5.51 Å². The second kappa shape index (κ2) is 5.05. The van der Waals surface area contributed by atoms with Crippen molar-refractivity contribution in [2.45, 2.75) is 10.4 Å². The Morgan fingerprint density at radius 3 is 1.50 bits per heavy atom. The maximum Gasteiger partial charge on any atom is 0.482 e. The lowest BCUT2D eigenvalue weighted by molar-refractivity contribution is -0.0463. The van der Waals surface area contributed by atoms with Crippen LogP contribution in [0.3, 0.4) is 0 Å². The Bertz CT molecular complexity index is 586. The Morgan fingerprint density at radius 2 is 1.10 bits per heavy atom. The van der Waals surface area contributed by atoms with E-state index in [2.05, 4.69) is 0 Å². The first kappa shape index (κ1) is 14.8. The monoisotopic (exact) mass is 310 g/mol. The first-order valence-corrected chi connectivity index (χ1v) is 6.80. The summed E-state index contributed by atoms with van der Waals surface area (Å²) in [6, 6.07) is 9.02. The Balaban J connectivity index is 2.33. The third kappa shape index (κ3) is 2.77. The minimum Gasteiger partial charge on any atom is -0.207 e. The van der Waals surface area contributed by atoms with E-state index in [0.29, 0.717) is 11.1 Å². The lowest BCUT2D eigenvalue weighted by Crippen LogP contribution is -2.12. The molecular weight excluding hydrogens is 302 g/mol. The summed E-state index contributed by atoms with van der Waals surface area (Å²) in [5.41, 5.74) is -4.58. The van der Waals surface area contributed by atoms with Crippen LogP contribution < -0.4 is 0 Å². The quantitative estimate of drug-likeness (QED) is 0.602. The lowest BCUT2D eigenvalue weighted by Gasteiger charge is -2.23. The number of hydrogen-bond donors (Lipinski definition) is 0. The minimum absolute atomic E-state index is 0.436. The highest BCUT2D eigenvalue weighted by molar-refractivity contribution is 8.26. The minimum atomic E-state index is -5.84. The molecule has 108 valence electrons. The molecule has 20 heavy (non-hydrogen) atoms. The molecule has 0 saturated heterocycles. The van der Waals surface area contributed by atoms with Gasteiger partial charge in [-0.05, 0) is 35.4 Å². The number of hydrogen-bond acceptors (Lipinski definition) is 0. The van der Waals surface area contributed by atoms with Gasteiger partial charge in [-0.25, -0.2) is 4.39 Å². The van der Waals surface area contributed by atoms with Gasteiger partial charge in [0, 0.05) is 0 Å². The van der Waals surface area contributed by atoms with Crippen molar-refractivity contribution in [3.8, 4) is 11.1 Å². The van der Waals surface area contributed by atoms with Crippen molar-refractivity contribution in [2.75, 3.05) is 0 Å². The third-order valence-corrected chi connectivity index (χ3v) is 4.06. The molecule has 0 aliphatic carbocycles. The summed E-state index contributed by atoms with van der Waals surface area (Å²) in [7, 11) is -5.84. The number of alkyl halides is 3. The van der Waals surface area contributed by atoms with Gasteiger partial charge in [-0.15, -0.1) is 7.77 Å². The molecule has 0 spiro atoms. The predicted molar refractivity (Wildman–Crippen MR) is 66.0 cm³/mol. The SMILES string of the molecule is Fc1ccc(-c2ccc(S(F)(F)C(F)(F)F)cc2)cc1. The molecule has 0 radical (unpaired) electrons. The van der Waals surface area contributed by atoms with Gasteiger partial charge < -0.3 is 0 Å². The molecule has 0 fully saturated rings. The molecule has 0 aliphatic rings. The van der Waals surface area contributed by atoms with Gasteiger partial charge in [0.1, 0.15) is 5.82 Å². The van der Waals surface area contributed by atoms with E-state index in [9.17, 15) is 25.3 Å². The molecular formula is C13H8F6S. The summed E-state index contributed by atoms with van der Waals surface area (Å²) in [6.45, 7) is 0. The molecule has 2 aromatic rings. The van der Waals surface area contributed by atoms with Crippen LogP contribution in [-0.2, 0) is 0 Å². The first-order chi connectivity index (χ1) is 9.22. The maximum atomic E-state index is 13.2. The van der Waals surface area contributed by atoms with E-state index in [1.54, 1.807) is 0 Å². The molecule has 0 saturated carbocycles. The Kier molecular flexibility index (Phi) is 3.73. The van der Waals surface area contributed by atoms with Crippen LogP contribution >= 0.6 is 10.8 Å². The van der Waals surface area contributed by atoms with Crippen molar-refractivity contribution in [1.29, 1.82) is 0 Å². The van der Waals surface area contributed by atoms with Gasteiger partial charge in [0.05, 0.1) is 4.90 Å². The van der Waals surface area contributed by atoms with Gasteiger partial charge in [-0.1, -0.05) is 24.3 Å². The van der Waals surface area contributed by atoms with Gasteiger partial charge in [-0.3, -0.25) is 0 Å². The van der Waals surface area contributed by atoms with Crippen LogP contribution in [0.15, 0.2) is 53.4 Å². The van der Waals surface area contributed by atoms with Crippen LogP contribution in [0.4, 0.5) is 25.3 Å². The average Bonchev–Trinajstić information content (AvgIpc) is 2.38. The van der Waals surface area contributed by atoms with Crippen LogP contribution in [0.2, 0.25) is 0 Å². The zero-order valence-corrected chi connectivity index (χ0v) is 10.6. The van der Waals surface area contributed by atoms with Gasteiger partial charge in [0.2, 0.25) is 0 Å². The predicted octanol–water partition coefficient (Wildman–Crippen LogP) is 5.95. The van der Waals surface area contributed by atoms with Gasteiger partial charge in [0.15, 0.2) is 10.8 Å². The molecule has 2 aromatic carbocycles. The first-order valence-electron chi connectivity index (χ1n) is 5.37. The zero-order valence-electron chi connectivity index (χ0n) is 9.79. The Labute approximate surface area is 112 Å². The number of rotatable bonds is 2. The fourth-order valence-electron chi connectivity index (χ4n) is 1.59. The Hall–Kier alpha value is -1.63. The smallest absolute Gasteiger partial charge is 0.207 e. The van der Waals surface area contributed by atoms with Crippen LogP contribution in [0, 0.1) is 5.82 Å². The van der Waals surface area contributed by atoms with Crippen molar-refractivity contribution in [3.63, 3.8) is 0 Å². The molecule has 7 heteroatoms. The van der Waals surface area contributed by atoms with Crippen molar-refractivity contribution in [3.05, 3.63) is 54.3 Å². The lowest BCUT2D eigenvalue weighted by atomic mass is 10.1. The highest BCUT2D eigenvalue weighted by Gasteiger charge is 2.54. The summed E-state index contributed by atoms with van der Waals surface area (Å²) in [6.07, 6.45) is 0. The largest absolute Gasteiger partial charge is 0.482 e. The van der Waals surface area contributed by atoms with E-state index < -0.39 is 27.0 Å². The molecule has 0 heterocycles. The molecule has 0 N–H and O–H groups in total. The number of halogens is 6. The van der Waals surface area contributed by atoms with Crippen molar-refractivity contribution >= 4 is 10.8 Å². The number of benzene rings is 2. The fraction of sp³-hybridized carbons (Fsp3) is 0.0769. The molecule has 0 aromatic heterocycles. The third-order valence-electron chi connectivity index (χ3n) is 2.62. The van der Waals surface area contributed by atoms with E-state index in [-0.39, 0.29) is 0 Å². The standard InChI is InChI=1S/C13H8F6S/c14-11-5-1-9(2-6-11)10-3-7-12(8-4-10)20(18,19)13(15,16)17/h1-8H. The fourth-order valence-corrected chi connectivity index (χ4v) is 2.34. The molecule has 2 rings (SSSR count). The molecule has 0 bridgehead atoms. The highest BCUT2D eigenvalue weighted by Crippen LogP contribution is 2.70. The second-order valence-corrected chi connectivity index (χ2v) is 5.82. The van der Waals surface area contributed by atoms with E-state index in [1.807, 2.05) is 0 Å². The molecule has 0 aliphatic heterocycles. The van der Waals surface area contributed by atoms with Crippen LogP contribution in [0.5, 0.6) is 0 Å². The summed E-state index contributed by atoms with van der Waals surface area (Å²) in [4.78, 5) is -1.05. The second-order valence-electron chi connectivity index (χ2n) is 3.95. The van der Waals surface area contributed by atoms with Crippen molar-refractivity contribution < 1.29 is 25.3 Å². The van der Waals surface area contributed by atoms with E-state index in [1.165, 1.54) is 24.3 Å². The summed E-state index contributed by atoms with van der Waals surface area (Å²) < 4.78 is 75.7. The highest BCUT2D eigenvalue weighted by atomic mass is 32.3. The maximum absolute atomic E-state index is 13.2. The van der Waals surface area contributed by atoms with Crippen molar-refractivity contribution in [2.24, 2.45) is 0 Å². The normalized spacial score (nSPS) is 13.3. The summed E-state index contributed by atoms with van der Waals surface area (Å²) >= 11 is 0. The van der Waals surface area contributed by atoms with E-state index in [4.69, 9.17) is 0 Å². The molecule has 0 unspecified atom stereocenters. The molecule has 0 amide bonds. The zero-order chi connectivity index (χ0) is 15.0. The average molecular weight is 310 g/mol. The van der Waals surface area contributed by atoms with Gasteiger partial charge in [0.25, 0.3) is 0 Å². The Morgan fingerprint density at radius 1 is 0.700 bits per heavy atom. The van der Waals surface area contributed by atoms with Gasteiger partial charge in [-0.2, -0.15) is 13.2 Å². The van der Waals surface area contributed by atoms with Crippen LogP contribution in [0.25, 0.3) is 11.1 Å². The van der Waals surface area contributed by atoms with E-state index in [0.717, 1.165) is 24.3 Å².